The standard InChI is InChI=1S/C18H17ClN2O5/c1-11(25-13-8-6-12(19)7-9-13)17(22)20-21-18(23)16-10-24-14-4-2-3-5-15(14)26-16/h2-9,11,16H,10H2,1H3,(H,20,22)(H,21,23)/t11-,16-/m1/s1. The summed E-state index contributed by atoms with van der Waals surface area (Å²) in [6.07, 6.45) is -1.68. The minimum atomic E-state index is -0.863. The monoisotopic (exact) mass is 376 g/mol. The van der Waals surface area contributed by atoms with Crippen LogP contribution < -0.4 is 25.1 Å². The van der Waals surface area contributed by atoms with E-state index in [1.165, 1.54) is 0 Å². The minimum Gasteiger partial charge on any atom is -0.485 e. The quantitative estimate of drug-likeness (QED) is 0.798. The van der Waals surface area contributed by atoms with E-state index in [0.717, 1.165) is 0 Å². The Bertz CT molecular complexity index is 796. The van der Waals surface area contributed by atoms with Gasteiger partial charge in [0.25, 0.3) is 11.8 Å². The maximum absolute atomic E-state index is 12.1. The molecule has 2 aromatic carbocycles. The van der Waals surface area contributed by atoms with Gasteiger partial charge in [0, 0.05) is 5.02 Å². The van der Waals surface area contributed by atoms with Crippen LogP contribution in [0, 0.1) is 0 Å². The Morgan fingerprint density at radius 1 is 1.12 bits per heavy atom. The number of hydrogen-bond acceptors (Lipinski definition) is 5. The molecule has 0 spiro atoms. The summed E-state index contributed by atoms with van der Waals surface area (Å²) in [6, 6.07) is 13.6. The van der Waals surface area contributed by atoms with E-state index in [-0.39, 0.29) is 6.61 Å². The Labute approximate surface area is 155 Å². The molecule has 2 atom stereocenters. The van der Waals surface area contributed by atoms with Crippen molar-refractivity contribution < 1.29 is 23.8 Å². The lowest BCUT2D eigenvalue weighted by Crippen LogP contribution is -2.53. The first-order valence-electron chi connectivity index (χ1n) is 7.93. The van der Waals surface area contributed by atoms with E-state index in [1.807, 2.05) is 6.07 Å². The molecule has 136 valence electrons. The highest BCUT2D eigenvalue weighted by Crippen LogP contribution is 2.30. The Morgan fingerprint density at radius 2 is 1.81 bits per heavy atom. The van der Waals surface area contributed by atoms with Gasteiger partial charge in [0.05, 0.1) is 0 Å². The summed E-state index contributed by atoms with van der Waals surface area (Å²) in [5.41, 5.74) is 4.62. The van der Waals surface area contributed by atoms with Crippen LogP contribution >= 0.6 is 11.6 Å². The third-order valence-corrected chi connectivity index (χ3v) is 3.86. The van der Waals surface area contributed by atoms with Crippen molar-refractivity contribution in [2.45, 2.75) is 19.1 Å². The van der Waals surface area contributed by atoms with Crippen LogP contribution in [0.25, 0.3) is 0 Å². The van der Waals surface area contributed by atoms with Crippen molar-refractivity contribution in [2.75, 3.05) is 6.61 Å². The first-order valence-corrected chi connectivity index (χ1v) is 8.31. The molecular formula is C18H17ClN2O5. The van der Waals surface area contributed by atoms with Crippen molar-refractivity contribution in [1.29, 1.82) is 0 Å². The van der Waals surface area contributed by atoms with Crippen molar-refractivity contribution in [3.05, 3.63) is 53.6 Å². The summed E-state index contributed by atoms with van der Waals surface area (Å²) in [5.74, 6) is 0.510. The van der Waals surface area contributed by atoms with E-state index in [1.54, 1.807) is 49.4 Å². The lowest BCUT2D eigenvalue weighted by Gasteiger charge is -2.25. The van der Waals surface area contributed by atoms with Crippen LogP contribution in [0.5, 0.6) is 17.2 Å². The highest BCUT2D eigenvalue weighted by atomic mass is 35.5. The second-order valence-corrected chi connectivity index (χ2v) is 5.99. The number of hydrazine groups is 1. The van der Waals surface area contributed by atoms with E-state index in [2.05, 4.69) is 10.9 Å². The fourth-order valence-corrected chi connectivity index (χ4v) is 2.35. The first kappa shape index (κ1) is 17.9. The molecule has 1 heterocycles. The van der Waals surface area contributed by atoms with Gasteiger partial charge in [0.15, 0.2) is 17.6 Å². The van der Waals surface area contributed by atoms with Gasteiger partial charge < -0.3 is 14.2 Å². The Morgan fingerprint density at radius 3 is 2.54 bits per heavy atom. The maximum Gasteiger partial charge on any atom is 0.283 e. The molecule has 1 aliphatic heterocycles. The van der Waals surface area contributed by atoms with Crippen LogP contribution in [0.15, 0.2) is 48.5 Å². The highest BCUT2D eigenvalue weighted by Gasteiger charge is 2.28. The number of rotatable bonds is 4. The summed E-state index contributed by atoms with van der Waals surface area (Å²) in [4.78, 5) is 24.2. The van der Waals surface area contributed by atoms with Crippen molar-refractivity contribution in [3.8, 4) is 17.2 Å². The lowest BCUT2D eigenvalue weighted by molar-refractivity contribution is -0.137. The van der Waals surface area contributed by atoms with Crippen LogP contribution in [0.3, 0.4) is 0 Å². The summed E-state index contributed by atoms with van der Waals surface area (Å²) in [6.45, 7) is 1.61. The molecule has 2 aromatic rings. The van der Waals surface area contributed by atoms with E-state index < -0.39 is 24.0 Å². The molecule has 8 heteroatoms. The average Bonchev–Trinajstić information content (AvgIpc) is 2.67. The molecule has 0 unspecified atom stereocenters. The van der Waals surface area contributed by atoms with Gasteiger partial charge in [-0.1, -0.05) is 23.7 Å². The zero-order valence-electron chi connectivity index (χ0n) is 13.9. The number of benzene rings is 2. The second kappa shape index (κ2) is 7.97. The van der Waals surface area contributed by atoms with Gasteiger partial charge in [-0.3, -0.25) is 20.4 Å². The number of para-hydroxylation sites is 2. The van der Waals surface area contributed by atoms with Gasteiger partial charge in [0.2, 0.25) is 6.10 Å². The molecule has 0 radical (unpaired) electrons. The first-order chi connectivity index (χ1) is 12.5. The average molecular weight is 377 g/mol. The van der Waals surface area contributed by atoms with Crippen LogP contribution in [-0.4, -0.2) is 30.6 Å². The predicted molar refractivity (Wildman–Crippen MR) is 94.2 cm³/mol. The minimum absolute atomic E-state index is 0.0511. The Kier molecular flexibility index (Phi) is 5.48. The maximum atomic E-state index is 12.1. The van der Waals surface area contributed by atoms with Crippen LogP contribution in [0.2, 0.25) is 5.02 Å². The van der Waals surface area contributed by atoms with E-state index in [9.17, 15) is 9.59 Å². The molecule has 0 bridgehead atoms. The van der Waals surface area contributed by atoms with E-state index >= 15 is 0 Å². The summed E-state index contributed by atoms with van der Waals surface area (Å²) in [5, 5.41) is 0.568. The van der Waals surface area contributed by atoms with Gasteiger partial charge in [-0.2, -0.15) is 0 Å². The highest BCUT2D eigenvalue weighted by molar-refractivity contribution is 6.30. The predicted octanol–water partition coefficient (Wildman–Crippen LogP) is 2.09. The van der Waals surface area contributed by atoms with Crippen LogP contribution in [0.1, 0.15) is 6.92 Å². The zero-order chi connectivity index (χ0) is 18.5. The summed E-state index contributed by atoms with van der Waals surface area (Å²) >= 11 is 5.80. The summed E-state index contributed by atoms with van der Waals surface area (Å²) < 4.78 is 16.5. The number of hydrogen-bond donors (Lipinski definition) is 2. The molecule has 0 aliphatic carbocycles. The molecule has 0 aromatic heterocycles. The molecule has 0 saturated carbocycles. The van der Waals surface area contributed by atoms with Crippen molar-refractivity contribution >= 4 is 23.4 Å². The van der Waals surface area contributed by atoms with Crippen molar-refractivity contribution in [1.82, 2.24) is 10.9 Å². The van der Waals surface area contributed by atoms with Gasteiger partial charge in [-0.15, -0.1) is 0 Å². The normalized spacial score (nSPS) is 16.3. The second-order valence-electron chi connectivity index (χ2n) is 5.56. The number of carbonyl (C=O) groups is 2. The fourth-order valence-electron chi connectivity index (χ4n) is 2.22. The molecule has 3 rings (SSSR count). The largest absolute Gasteiger partial charge is 0.485 e. The molecule has 2 amide bonds. The van der Waals surface area contributed by atoms with Gasteiger partial charge >= 0.3 is 0 Å². The molecule has 0 fully saturated rings. The lowest BCUT2D eigenvalue weighted by atomic mass is 10.2. The number of fused-ring (bicyclic) bond motifs is 1. The third kappa shape index (κ3) is 4.37. The molecular weight excluding hydrogens is 360 g/mol. The molecule has 7 nitrogen and oxygen atoms in total. The molecule has 2 N–H and O–H groups in total. The smallest absolute Gasteiger partial charge is 0.283 e. The Balaban J connectivity index is 1.48. The van der Waals surface area contributed by atoms with Gasteiger partial charge in [-0.25, -0.2) is 0 Å². The number of amides is 2. The molecule has 1 aliphatic rings. The van der Waals surface area contributed by atoms with Crippen molar-refractivity contribution in [2.24, 2.45) is 0 Å². The van der Waals surface area contributed by atoms with Gasteiger partial charge in [0.1, 0.15) is 12.4 Å². The fraction of sp³-hybridized carbons (Fsp3) is 0.222. The molecule has 26 heavy (non-hydrogen) atoms. The molecule has 0 saturated heterocycles. The SMILES string of the molecule is C[C@@H](Oc1ccc(Cl)cc1)C(=O)NNC(=O)[C@H]1COc2ccccc2O1. The van der Waals surface area contributed by atoms with Crippen LogP contribution in [-0.2, 0) is 9.59 Å². The zero-order valence-corrected chi connectivity index (χ0v) is 14.7. The summed E-state index contributed by atoms with van der Waals surface area (Å²) in [7, 11) is 0. The number of nitrogens with one attached hydrogen (secondary N) is 2. The third-order valence-electron chi connectivity index (χ3n) is 3.61. The van der Waals surface area contributed by atoms with Crippen molar-refractivity contribution in [3.63, 3.8) is 0 Å². The van der Waals surface area contributed by atoms with Crippen LogP contribution in [0.4, 0.5) is 0 Å². The Hall–Kier alpha value is -2.93. The topological polar surface area (TPSA) is 85.9 Å². The van der Waals surface area contributed by atoms with E-state index in [4.69, 9.17) is 25.8 Å². The van der Waals surface area contributed by atoms with E-state index in [0.29, 0.717) is 22.3 Å². The van der Waals surface area contributed by atoms with Gasteiger partial charge in [-0.05, 0) is 43.3 Å². The number of carbonyl (C=O) groups excluding carboxylic acids is 2. The number of halogens is 1. The number of ether oxygens (including phenoxy) is 3.